The molecule has 36 heavy (non-hydrogen) atoms. The van der Waals surface area contributed by atoms with Gasteiger partial charge in [-0.15, -0.1) is 23.5 Å². The Morgan fingerprint density at radius 1 is 0.556 bits per heavy atom. The molecule has 0 spiro atoms. The highest BCUT2D eigenvalue weighted by Crippen LogP contribution is 2.63. The quantitative estimate of drug-likeness (QED) is 0.243. The molecule has 0 unspecified atom stereocenters. The van der Waals surface area contributed by atoms with Gasteiger partial charge in [0.1, 0.15) is 0 Å². The topological polar surface area (TPSA) is 43.4 Å². The summed E-state index contributed by atoms with van der Waals surface area (Å²) in [5.74, 6) is 3.15. The molecule has 0 fully saturated rings. The van der Waals surface area contributed by atoms with Crippen LogP contribution < -0.4 is 18.9 Å². The highest BCUT2D eigenvalue weighted by molar-refractivity contribution is 8.05. The summed E-state index contributed by atoms with van der Waals surface area (Å²) in [6, 6.07) is 0. The number of benzene rings is 2. The summed E-state index contributed by atoms with van der Waals surface area (Å²) < 4.78 is 23.9. The predicted octanol–water partition coefficient (Wildman–Crippen LogP) is 5.99. The van der Waals surface area contributed by atoms with E-state index in [4.69, 9.17) is 18.9 Å². The first-order valence-corrected chi connectivity index (χ1v) is 15.7. The van der Waals surface area contributed by atoms with Crippen molar-refractivity contribution >= 4 is 47.0 Å². The standard InChI is InChI=1S/C26H38N2O4S4/c1-27(2)13-11-15-21(33-9)17(29-5)19(31-7)25-23(15)35-24-16(12-14-28(3)4)22(34-10)18(30-6)20(32-8)26(24)36-25/h11-14H2,1-10H3. The van der Waals surface area contributed by atoms with Crippen molar-refractivity contribution in [2.24, 2.45) is 0 Å². The number of hydrogen-bond donors (Lipinski definition) is 0. The fraction of sp³-hybridized carbons (Fsp3) is 0.538. The molecule has 2 aromatic rings. The number of nitrogens with zero attached hydrogens (tertiary/aromatic N) is 2. The molecule has 1 heterocycles. The molecule has 1 aliphatic heterocycles. The van der Waals surface area contributed by atoms with Gasteiger partial charge in [0.25, 0.3) is 0 Å². The molecule has 0 aliphatic carbocycles. The van der Waals surface area contributed by atoms with E-state index >= 15 is 0 Å². The first-order chi connectivity index (χ1) is 17.3. The lowest BCUT2D eigenvalue weighted by Gasteiger charge is -2.31. The van der Waals surface area contributed by atoms with Crippen LogP contribution >= 0.6 is 47.0 Å². The van der Waals surface area contributed by atoms with Crippen molar-refractivity contribution in [2.75, 3.05) is 82.2 Å². The van der Waals surface area contributed by atoms with E-state index in [0.29, 0.717) is 0 Å². The molecule has 0 saturated heterocycles. The summed E-state index contributed by atoms with van der Waals surface area (Å²) in [5, 5.41) is 0. The maximum absolute atomic E-state index is 5.99. The molecule has 0 aromatic heterocycles. The van der Waals surface area contributed by atoms with Gasteiger partial charge in [0.15, 0.2) is 23.0 Å². The van der Waals surface area contributed by atoms with Crippen molar-refractivity contribution < 1.29 is 18.9 Å². The van der Waals surface area contributed by atoms with E-state index in [0.717, 1.165) is 68.5 Å². The molecule has 0 radical (unpaired) electrons. The van der Waals surface area contributed by atoms with Crippen molar-refractivity contribution in [3.8, 4) is 23.0 Å². The van der Waals surface area contributed by atoms with Gasteiger partial charge in [-0.3, -0.25) is 0 Å². The molecule has 2 aromatic carbocycles. The average molecular weight is 571 g/mol. The predicted molar refractivity (Wildman–Crippen MR) is 155 cm³/mol. The molecule has 0 bridgehead atoms. The molecule has 10 heteroatoms. The van der Waals surface area contributed by atoms with E-state index < -0.39 is 0 Å². The SMILES string of the molecule is COc1c(OC)c2c(c(CCN(C)C)c1SC)Sc1c(CCN(C)C)c(SC)c(OC)c(OC)c1S2. The van der Waals surface area contributed by atoms with E-state index in [9.17, 15) is 0 Å². The largest absolute Gasteiger partial charge is 0.492 e. The average Bonchev–Trinajstić information content (AvgIpc) is 2.87. The maximum Gasteiger partial charge on any atom is 0.177 e. The molecule has 0 saturated carbocycles. The molecule has 3 rings (SSSR count). The number of likely N-dealkylation sites (N-methyl/N-ethyl adjacent to an activating group) is 2. The Morgan fingerprint density at radius 3 is 1.17 bits per heavy atom. The summed E-state index contributed by atoms with van der Waals surface area (Å²) in [6.07, 6.45) is 6.06. The van der Waals surface area contributed by atoms with Gasteiger partial charge in [-0.2, -0.15) is 0 Å². The first-order valence-electron chi connectivity index (χ1n) is 11.6. The summed E-state index contributed by atoms with van der Waals surface area (Å²) in [6.45, 7) is 1.89. The smallest absolute Gasteiger partial charge is 0.177 e. The molecule has 0 atom stereocenters. The van der Waals surface area contributed by atoms with Gasteiger partial charge >= 0.3 is 0 Å². The fourth-order valence-corrected chi connectivity index (χ4v) is 8.93. The number of ether oxygens (including phenoxy) is 4. The maximum atomic E-state index is 5.99. The van der Waals surface area contributed by atoms with Crippen LogP contribution in [0.5, 0.6) is 23.0 Å². The molecule has 1 aliphatic rings. The van der Waals surface area contributed by atoms with E-state index in [2.05, 4.69) is 50.5 Å². The lowest BCUT2D eigenvalue weighted by Crippen LogP contribution is -2.18. The third-order valence-electron chi connectivity index (χ3n) is 6.00. The lowest BCUT2D eigenvalue weighted by molar-refractivity contribution is 0.333. The first kappa shape index (κ1) is 29.5. The molecule has 0 N–H and O–H groups in total. The van der Waals surface area contributed by atoms with Gasteiger partial charge in [0, 0.05) is 22.9 Å². The fourth-order valence-electron chi connectivity index (χ4n) is 4.28. The third-order valence-corrected chi connectivity index (χ3v) is 10.4. The Labute approximate surface area is 233 Å². The van der Waals surface area contributed by atoms with Crippen LogP contribution in [0.1, 0.15) is 11.1 Å². The Hall–Kier alpha value is -1.04. The van der Waals surface area contributed by atoms with Crippen molar-refractivity contribution in [2.45, 2.75) is 42.2 Å². The molecule has 200 valence electrons. The molecule has 0 amide bonds. The van der Waals surface area contributed by atoms with Crippen LogP contribution in [0.3, 0.4) is 0 Å². The highest BCUT2D eigenvalue weighted by Gasteiger charge is 2.35. The summed E-state index contributed by atoms with van der Waals surface area (Å²) in [5.41, 5.74) is 2.62. The number of methoxy groups -OCH3 is 4. The van der Waals surface area contributed by atoms with Crippen LogP contribution in [0.15, 0.2) is 29.4 Å². The lowest BCUT2D eigenvalue weighted by atomic mass is 10.1. The van der Waals surface area contributed by atoms with Crippen molar-refractivity contribution in [3.05, 3.63) is 11.1 Å². The Kier molecular flexibility index (Phi) is 10.8. The highest BCUT2D eigenvalue weighted by atomic mass is 32.2. The number of hydrogen-bond acceptors (Lipinski definition) is 10. The number of rotatable bonds is 12. The van der Waals surface area contributed by atoms with Gasteiger partial charge in [-0.05, 0) is 64.7 Å². The van der Waals surface area contributed by atoms with E-state index in [1.165, 1.54) is 20.9 Å². The monoisotopic (exact) mass is 570 g/mol. The van der Waals surface area contributed by atoms with Crippen LogP contribution in [0.25, 0.3) is 0 Å². The summed E-state index contributed by atoms with van der Waals surface area (Å²) in [4.78, 5) is 11.4. The zero-order valence-corrected chi connectivity index (χ0v) is 26.3. The zero-order valence-electron chi connectivity index (χ0n) is 23.0. The van der Waals surface area contributed by atoms with Gasteiger partial charge in [-0.1, -0.05) is 23.5 Å². The Balaban J connectivity index is 2.36. The van der Waals surface area contributed by atoms with Crippen LogP contribution in [0.4, 0.5) is 0 Å². The Morgan fingerprint density at radius 2 is 0.889 bits per heavy atom. The zero-order chi connectivity index (χ0) is 26.6. The van der Waals surface area contributed by atoms with Gasteiger partial charge in [0.05, 0.1) is 48.0 Å². The minimum atomic E-state index is 0.776. The van der Waals surface area contributed by atoms with Gasteiger partial charge in [-0.25, -0.2) is 0 Å². The summed E-state index contributed by atoms with van der Waals surface area (Å²) in [7, 11) is 15.4. The second kappa shape index (κ2) is 13.2. The molecular weight excluding hydrogens is 533 g/mol. The number of thioether (sulfide) groups is 2. The normalized spacial score (nSPS) is 12.6. The molecular formula is C26H38N2O4S4. The van der Waals surface area contributed by atoms with Crippen molar-refractivity contribution in [3.63, 3.8) is 0 Å². The second-order valence-electron chi connectivity index (χ2n) is 8.78. The summed E-state index contributed by atoms with van der Waals surface area (Å²) >= 11 is 6.98. The van der Waals surface area contributed by atoms with Gasteiger partial charge in [0.2, 0.25) is 0 Å². The minimum Gasteiger partial charge on any atom is -0.492 e. The van der Waals surface area contributed by atoms with Gasteiger partial charge < -0.3 is 28.7 Å². The number of fused-ring (bicyclic) bond motifs is 2. The van der Waals surface area contributed by atoms with E-state index in [1.807, 2.05) is 11.8 Å². The third kappa shape index (κ3) is 5.68. The molecule has 6 nitrogen and oxygen atoms in total. The van der Waals surface area contributed by atoms with Crippen LogP contribution in [0, 0.1) is 0 Å². The van der Waals surface area contributed by atoms with Crippen molar-refractivity contribution in [1.82, 2.24) is 9.80 Å². The van der Waals surface area contributed by atoms with E-state index in [-0.39, 0.29) is 0 Å². The van der Waals surface area contributed by atoms with Crippen LogP contribution in [-0.2, 0) is 12.8 Å². The van der Waals surface area contributed by atoms with Crippen LogP contribution in [-0.4, -0.2) is 92.0 Å². The minimum absolute atomic E-state index is 0.776. The second-order valence-corrected chi connectivity index (χ2v) is 12.5. The Bertz CT molecular complexity index is 1010. The van der Waals surface area contributed by atoms with Crippen molar-refractivity contribution in [1.29, 1.82) is 0 Å². The van der Waals surface area contributed by atoms with Crippen LogP contribution in [0.2, 0.25) is 0 Å². The van der Waals surface area contributed by atoms with E-state index in [1.54, 1.807) is 63.7 Å².